The molecule has 127 valence electrons. The minimum Gasteiger partial charge on any atom is -0.497 e. The molecule has 0 atom stereocenters. The topological polar surface area (TPSA) is 9.23 Å². The normalized spacial score (nSPS) is 10.6. The van der Waals surface area contributed by atoms with E-state index in [1.807, 2.05) is 12.1 Å². The van der Waals surface area contributed by atoms with Gasteiger partial charge in [0.25, 0.3) is 0 Å². The molecule has 3 rings (SSSR count). The van der Waals surface area contributed by atoms with Crippen LogP contribution in [0.1, 0.15) is 30.0 Å². The van der Waals surface area contributed by atoms with Crippen LogP contribution in [0.3, 0.4) is 0 Å². The lowest BCUT2D eigenvalue weighted by molar-refractivity contribution is 0.415. The fourth-order valence-electron chi connectivity index (χ4n) is 3.35. The molecule has 0 unspecified atom stereocenters. The minimum atomic E-state index is 0.890. The quantitative estimate of drug-likeness (QED) is 0.524. The molecule has 0 aliphatic carbocycles. The summed E-state index contributed by atoms with van der Waals surface area (Å²) >= 11 is 0. The standard InChI is InChI=1S/C24H25O/c1-3-23-20(12-7-11-19-9-5-4-6-10-19)13-8-14-24(23)21-15-17-22(25-2)18-16-21/h4-6,8-10,13,15-18H,3,7,11-12H2,1-2H3. The largest absolute Gasteiger partial charge is 0.497 e. The van der Waals surface area contributed by atoms with Crippen molar-refractivity contribution in [2.45, 2.75) is 32.6 Å². The second-order valence-corrected chi connectivity index (χ2v) is 6.28. The van der Waals surface area contributed by atoms with Crippen LogP contribution in [-0.4, -0.2) is 7.11 Å². The highest BCUT2D eigenvalue weighted by Crippen LogP contribution is 2.29. The summed E-state index contributed by atoms with van der Waals surface area (Å²) in [6.07, 6.45) is 4.43. The van der Waals surface area contributed by atoms with Crippen LogP contribution in [0.2, 0.25) is 0 Å². The minimum absolute atomic E-state index is 0.890. The predicted octanol–water partition coefficient (Wildman–Crippen LogP) is 5.90. The Morgan fingerprint density at radius 2 is 1.64 bits per heavy atom. The van der Waals surface area contributed by atoms with Gasteiger partial charge in [-0.25, -0.2) is 0 Å². The number of ether oxygens (including phenoxy) is 1. The molecule has 0 N–H and O–H groups in total. The highest BCUT2D eigenvalue weighted by atomic mass is 16.5. The van der Waals surface area contributed by atoms with Crippen molar-refractivity contribution in [3.05, 3.63) is 89.5 Å². The van der Waals surface area contributed by atoms with Gasteiger partial charge in [0.15, 0.2) is 0 Å². The van der Waals surface area contributed by atoms with E-state index in [9.17, 15) is 0 Å². The Hall–Kier alpha value is -2.54. The van der Waals surface area contributed by atoms with Crippen LogP contribution < -0.4 is 4.74 Å². The van der Waals surface area contributed by atoms with Gasteiger partial charge in [0, 0.05) is 0 Å². The van der Waals surface area contributed by atoms with Crippen molar-refractivity contribution in [3.63, 3.8) is 0 Å². The van der Waals surface area contributed by atoms with E-state index in [-0.39, 0.29) is 0 Å². The maximum atomic E-state index is 5.27. The number of methoxy groups -OCH3 is 1. The molecule has 0 aromatic heterocycles. The molecule has 0 aliphatic rings. The summed E-state index contributed by atoms with van der Waals surface area (Å²) in [5.74, 6) is 0.890. The number of benzene rings is 3. The summed E-state index contributed by atoms with van der Waals surface area (Å²) in [5, 5.41) is 0. The van der Waals surface area contributed by atoms with Crippen LogP contribution >= 0.6 is 0 Å². The zero-order valence-corrected chi connectivity index (χ0v) is 15.1. The van der Waals surface area contributed by atoms with Crippen molar-refractivity contribution < 1.29 is 4.74 Å². The third-order valence-corrected chi connectivity index (χ3v) is 4.69. The fraction of sp³-hybridized carbons (Fsp3) is 0.250. The first-order valence-corrected chi connectivity index (χ1v) is 9.02. The van der Waals surface area contributed by atoms with Crippen LogP contribution in [0.15, 0.2) is 66.7 Å². The first-order chi connectivity index (χ1) is 12.3. The summed E-state index contributed by atoms with van der Waals surface area (Å²) < 4.78 is 5.27. The first-order valence-electron chi connectivity index (χ1n) is 9.02. The van der Waals surface area contributed by atoms with Gasteiger partial charge in [0.05, 0.1) is 7.11 Å². The van der Waals surface area contributed by atoms with E-state index in [0.717, 1.165) is 25.0 Å². The highest BCUT2D eigenvalue weighted by molar-refractivity contribution is 5.68. The lowest BCUT2D eigenvalue weighted by Crippen LogP contribution is -1.98. The maximum Gasteiger partial charge on any atom is 0.118 e. The van der Waals surface area contributed by atoms with Crippen molar-refractivity contribution in [2.24, 2.45) is 0 Å². The molecule has 0 aliphatic heterocycles. The average Bonchev–Trinajstić information content (AvgIpc) is 2.68. The number of hydrogen-bond donors (Lipinski definition) is 0. The van der Waals surface area contributed by atoms with Crippen molar-refractivity contribution >= 4 is 0 Å². The molecule has 1 radical (unpaired) electrons. The van der Waals surface area contributed by atoms with Crippen LogP contribution in [0.5, 0.6) is 5.75 Å². The second-order valence-electron chi connectivity index (χ2n) is 6.28. The molecule has 3 aromatic carbocycles. The van der Waals surface area contributed by atoms with Crippen LogP contribution in [-0.2, 0) is 19.3 Å². The van der Waals surface area contributed by atoms with Crippen molar-refractivity contribution in [3.8, 4) is 16.9 Å². The van der Waals surface area contributed by atoms with Gasteiger partial charge in [0.2, 0.25) is 0 Å². The molecule has 0 spiro atoms. The van der Waals surface area contributed by atoms with Crippen LogP contribution in [0.25, 0.3) is 11.1 Å². The molecular weight excluding hydrogens is 304 g/mol. The van der Waals surface area contributed by atoms with E-state index in [2.05, 4.69) is 67.6 Å². The molecular formula is C24H25O. The molecule has 25 heavy (non-hydrogen) atoms. The number of hydrogen-bond acceptors (Lipinski definition) is 1. The Bertz CT molecular complexity index is 788. The average molecular weight is 329 g/mol. The molecule has 0 heterocycles. The first kappa shape index (κ1) is 17.3. The lowest BCUT2D eigenvalue weighted by atomic mass is 9.91. The second kappa shape index (κ2) is 8.53. The SMILES string of the molecule is CCc1c(-c2ccc(OC)cc2)[c]ccc1CCCc1ccccc1. The zero-order valence-electron chi connectivity index (χ0n) is 15.1. The highest BCUT2D eigenvalue weighted by Gasteiger charge is 2.09. The summed E-state index contributed by atoms with van der Waals surface area (Å²) in [4.78, 5) is 0. The van der Waals surface area contributed by atoms with E-state index in [0.29, 0.717) is 0 Å². The van der Waals surface area contributed by atoms with E-state index in [1.165, 1.54) is 34.2 Å². The third kappa shape index (κ3) is 4.30. The summed E-state index contributed by atoms with van der Waals surface area (Å²) in [7, 11) is 1.70. The van der Waals surface area contributed by atoms with Crippen molar-refractivity contribution in [1.29, 1.82) is 0 Å². The van der Waals surface area contributed by atoms with Gasteiger partial charge in [-0.05, 0) is 71.7 Å². The molecule has 3 aromatic rings. The van der Waals surface area contributed by atoms with Gasteiger partial charge in [-0.3, -0.25) is 0 Å². The Balaban J connectivity index is 1.78. The van der Waals surface area contributed by atoms with Gasteiger partial charge in [-0.2, -0.15) is 0 Å². The Kier molecular flexibility index (Phi) is 5.90. The smallest absolute Gasteiger partial charge is 0.118 e. The van der Waals surface area contributed by atoms with E-state index in [1.54, 1.807) is 7.11 Å². The molecule has 0 amide bonds. The van der Waals surface area contributed by atoms with Gasteiger partial charge in [0.1, 0.15) is 5.75 Å². The Labute approximate surface area is 151 Å². The molecule has 0 saturated heterocycles. The van der Waals surface area contributed by atoms with Crippen molar-refractivity contribution in [2.75, 3.05) is 7.11 Å². The van der Waals surface area contributed by atoms with Crippen molar-refractivity contribution in [1.82, 2.24) is 0 Å². The molecule has 1 nitrogen and oxygen atoms in total. The van der Waals surface area contributed by atoms with Gasteiger partial charge in [-0.1, -0.05) is 61.5 Å². The molecule has 0 saturated carbocycles. The lowest BCUT2D eigenvalue weighted by Gasteiger charge is -2.14. The zero-order chi connectivity index (χ0) is 17.5. The van der Waals surface area contributed by atoms with Gasteiger partial charge < -0.3 is 4.74 Å². The molecule has 1 heteroatoms. The van der Waals surface area contributed by atoms with E-state index < -0.39 is 0 Å². The number of rotatable bonds is 7. The van der Waals surface area contributed by atoms with Crippen LogP contribution in [0, 0.1) is 6.07 Å². The Morgan fingerprint density at radius 1 is 0.880 bits per heavy atom. The summed E-state index contributed by atoms with van der Waals surface area (Å²) in [6, 6.07) is 26.8. The summed E-state index contributed by atoms with van der Waals surface area (Å²) in [6.45, 7) is 2.23. The summed E-state index contributed by atoms with van der Waals surface area (Å²) in [5.41, 5.74) is 6.71. The third-order valence-electron chi connectivity index (χ3n) is 4.69. The monoisotopic (exact) mass is 329 g/mol. The fourth-order valence-corrected chi connectivity index (χ4v) is 3.35. The number of aryl methyl sites for hydroxylation is 2. The van der Waals surface area contributed by atoms with Gasteiger partial charge in [-0.15, -0.1) is 0 Å². The van der Waals surface area contributed by atoms with Gasteiger partial charge >= 0.3 is 0 Å². The maximum absolute atomic E-state index is 5.27. The Morgan fingerprint density at radius 3 is 2.32 bits per heavy atom. The molecule has 0 bridgehead atoms. The predicted molar refractivity (Wildman–Crippen MR) is 105 cm³/mol. The van der Waals surface area contributed by atoms with E-state index in [4.69, 9.17) is 4.74 Å². The molecule has 0 fully saturated rings. The van der Waals surface area contributed by atoms with E-state index >= 15 is 0 Å². The van der Waals surface area contributed by atoms with Crippen LogP contribution in [0.4, 0.5) is 0 Å².